The Kier molecular flexibility index (Phi) is 5.38. The second-order valence-electron chi connectivity index (χ2n) is 5.78. The number of ether oxygens (including phenoxy) is 1. The third kappa shape index (κ3) is 4.21. The Morgan fingerprint density at radius 3 is 2.68 bits per heavy atom. The summed E-state index contributed by atoms with van der Waals surface area (Å²) in [5, 5.41) is 9.02. The van der Waals surface area contributed by atoms with E-state index in [0.29, 0.717) is 26.1 Å². The SMILES string of the molecule is CN(C)CCN(CC(=O)O)C(=O)[C@H]1COc2ccccc2C1. The van der Waals surface area contributed by atoms with Crippen LogP contribution in [0.4, 0.5) is 0 Å². The number of nitrogens with zero attached hydrogens (tertiary/aromatic N) is 2. The first-order valence-electron chi connectivity index (χ1n) is 7.33. The summed E-state index contributed by atoms with van der Waals surface area (Å²) in [7, 11) is 3.78. The van der Waals surface area contributed by atoms with Crippen LogP contribution in [-0.4, -0.2) is 67.1 Å². The number of fused-ring (bicyclic) bond motifs is 1. The standard InChI is InChI=1S/C16H22N2O4/c1-17(2)7-8-18(10-15(19)20)16(21)13-9-12-5-3-4-6-14(12)22-11-13/h3-6,13H,7-11H2,1-2H3,(H,19,20)/t13-/m1/s1. The summed E-state index contributed by atoms with van der Waals surface area (Å²) in [6.07, 6.45) is 0.590. The molecule has 0 saturated carbocycles. The molecule has 1 aromatic carbocycles. The van der Waals surface area contributed by atoms with Crippen molar-refractivity contribution in [2.24, 2.45) is 5.92 Å². The molecular weight excluding hydrogens is 284 g/mol. The number of amides is 1. The largest absolute Gasteiger partial charge is 0.492 e. The van der Waals surface area contributed by atoms with Crippen molar-refractivity contribution in [2.75, 3.05) is 40.3 Å². The smallest absolute Gasteiger partial charge is 0.323 e. The summed E-state index contributed by atoms with van der Waals surface area (Å²) < 4.78 is 5.63. The average Bonchev–Trinajstić information content (AvgIpc) is 2.49. The van der Waals surface area contributed by atoms with Crippen LogP contribution in [0.5, 0.6) is 5.75 Å². The summed E-state index contributed by atoms with van der Waals surface area (Å²) in [5.41, 5.74) is 0.995. The maximum atomic E-state index is 12.6. The monoisotopic (exact) mass is 306 g/mol. The van der Waals surface area contributed by atoms with Crippen LogP contribution in [0.2, 0.25) is 0 Å². The number of benzene rings is 1. The van der Waals surface area contributed by atoms with E-state index in [2.05, 4.69) is 0 Å². The highest BCUT2D eigenvalue weighted by atomic mass is 16.5. The fraction of sp³-hybridized carbons (Fsp3) is 0.500. The Hall–Kier alpha value is -2.08. The molecule has 0 bridgehead atoms. The van der Waals surface area contributed by atoms with Gasteiger partial charge in [0.2, 0.25) is 5.91 Å². The van der Waals surface area contributed by atoms with Gasteiger partial charge in [-0.1, -0.05) is 18.2 Å². The number of carbonyl (C=O) groups is 2. The van der Waals surface area contributed by atoms with Crippen molar-refractivity contribution >= 4 is 11.9 Å². The lowest BCUT2D eigenvalue weighted by atomic mass is 9.95. The summed E-state index contributed by atoms with van der Waals surface area (Å²) in [5.74, 6) is -0.663. The van der Waals surface area contributed by atoms with Crippen LogP contribution in [0.15, 0.2) is 24.3 Å². The Balaban J connectivity index is 2.05. The molecule has 0 saturated heterocycles. The molecule has 1 heterocycles. The number of hydrogen-bond donors (Lipinski definition) is 1. The summed E-state index contributed by atoms with van der Waals surface area (Å²) in [6.45, 7) is 1.05. The molecule has 1 aliphatic rings. The number of rotatable bonds is 6. The van der Waals surface area contributed by atoms with Gasteiger partial charge in [0.15, 0.2) is 0 Å². The molecule has 0 aromatic heterocycles. The quantitative estimate of drug-likeness (QED) is 0.838. The third-order valence-corrected chi connectivity index (χ3v) is 3.68. The van der Waals surface area contributed by atoms with Gasteiger partial charge in [0, 0.05) is 13.1 Å². The number of carboxylic acids is 1. The van der Waals surface area contributed by atoms with E-state index in [1.165, 1.54) is 4.90 Å². The lowest BCUT2D eigenvalue weighted by Gasteiger charge is -2.30. The van der Waals surface area contributed by atoms with E-state index in [1.54, 1.807) is 0 Å². The maximum Gasteiger partial charge on any atom is 0.323 e. The fourth-order valence-electron chi connectivity index (χ4n) is 2.50. The minimum absolute atomic E-state index is 0.154. The first-order chi connectivity index (χ1) is 10.5. The predicted molar refractivity (Wildman–Crippen MR) is 81.9 cm³/mol. The first-order valence-corrected chi connectivity index (χ1v) is 7.33. The van der Waals surface area contributed by atoms with Crippen molar-refractivity contribution in [1.82, 2.24) is 9.80 Å². The van der Waals surface area contributed by atoms with Crippen molar-refractivity contribution < 1.29 is 19.4 Å². The van der Waals surface area contributed by atoms with Crippen LogP contribution in [0.25, 0.3) is 0 Å². The van der Waals surface area contributed by atoms with E-state index in [9.17, 15) is 9.59 Å². The molecule has 1 aromatic rings. The average molecular weight is 306 g/mol. The van der Waals surface area contributed by atoms with Gasteiger partial charge >= 0.3 is 5.97 Å². The van der Waals surface area contributed by atoms with Crippen LogP contribution in [0.3, 0.4) is 0 Å². The van der Waals surface area contributed by atoms with Gasteiger partial charge in [-0.3, -0.25) is 9.59 Å². The van der Waals surface area contributed by atoms with Crippen LogP contribution >= 0.6 is 0 Å². The highest BCUT2D eigenvalue weighted by Crippen LogP contribution is 2.27. The van der Waals surface area contributed by atoms with E-state index >= 15 is 0 Å². The van der Waals surface area contributed by atoms with E-state index in [-0.39, 0.29) is 18.4 Å². The molecule has 22 heavy (non-hydrogen) atoms. The zero-order chi connectivity index (χ0) is 16.1. The van der Waals surface area contributed by atoms with E-state index in [0.717, 1.165) is 11.3 Å². The number of likely N-dealkylation sites (N-methyl/N-ethyl adjacent to an activating group) is 1. The number of aliphatic carboxylic acids is 1. The van der Waals surface area contributed by atoms with E-state index in [1.807, 2.05) is 43.3 Å². The van der Waals surface area contributed by atoms with Crippen molar-refractivity contribution in [3.8, 4) is 5.75 Å². The fourth-order valence-corrected chi connectivity index (χ4v) is 2.50. The van der Waals surface area contributed by atoms with Gasteiger partial charge in [-0.2, -0.15) is 0 Å². The third-order valence-electron chi connectivity index (χ3n) is 3.68. The highest BCUT2D eigenvalue weighted by Gasteiger charge is 2.30. The van der Waals surface area contributed by atoms with E-state index < -0.39 is 5.97 Å². The number of carboxylic acid groups (broad SMARTS) is 1. The van der Waals surface area contributed by atoms with Crippen molar-refractivity contribution in [3.63, 3.8) is 0 Å². The molecule has 0 fully saturated rings. The summed E-state index contributed by atoms with van der Waals surface area (Å²) in [6, 6.07) is 7.64. The topological polar surface area (TPSA) is 70.1 Å². The molecule has 0 spiro atoms. The predicted octanol–water partition coefficient (Wildman–Crippen LogP) is 0.713. The lowest BCUT2D eigenvalue weighted by Crippen LogP contribution is -2.45. The second kappa shape index (κ2) is 7.26. The highest BCUT2D eigenvalue weighted by molar-refractivity contribution is 5.83. The molecule has 1 amide bonds. The van der Waals surface area contributed by atoms with E-state index in [4.69, 9.17) is 9.84 Å². The molecule has 1 aliphatic heterocycles. The molecule has 6 nitrogen and oxygen atoms in total. The minimum Gasteiger partial charge on any atom is -0.492 e. The minimum atomic E-state index is -0.996. The molecule has 0 radical (unpaired) electrons. The molecule has 0 aliphatic carbocycles. The Bertz CT molecular complexity index is 545. The lowest BCUT2D eigenvalue weighted by molar-refractivity contribution is -0.147. The first kappa shape index (κ1) is 16.3. The molecule has 0 unspecified atom stereocenters. The molecule has 6 heteroatoms. The van der Waals surface area contributed by atoms with Crippen LogP contribution in [-0.2, 0) is 16.0 Å². The molecule has 1 atom stereocenters. The van der Waals surface area contributed by atoms with Crippen LogP contribution in [0, 0.1) is 5.92 Å². The van der Waals surface area contributed by atoms with Crippen LogP contribution in [0.1, 0.15) is 5.56 Å². The molecule has 120 valence electrons. The zero-order valence-electron chi connectivity index (χ0n) is 13.0. The molecule has 1 N–H and O–H groups in total. The number of hydrogen-bond acceptors (Lipinski definition) is 4. The maximum absolute atomic E-state index is 12.6. The Morgan fingerprint density at radius 2 is 2.00 bits per heavy atom. The van der Waals surface area contributed by atoms with Gasteiger partial charge in [0.05, 0.1) is 5.92 Å². The van der Waals surface area contributed by atoms with Gasteiger partial charge < -0.3 is 19.6 Å². The summed E-state index contributed by atoms with van der Waals surface area (Å²) >= 11 is 0. The van der Waals surface area contributed by atoms with Crippen LogP contribution < -0.4 is 4.74 Å². The van der Waals surface area contributed by atoms with Crippen molar-refractivity contribution in [3.05, 3.63) is 29.8 Å². The van der Waals surface area contributed by atoms with Gasteiger partial charge in [-0.15, -0.1) is 0 Å². The normalized spacial score (nSPS) is 16.8. The molecule has 2 rings (SSSR count). The van der Waals surface area contributed by atoms with Gasteiger partial charge in [0.25, 0.3) is 0 Å². The Labute approximate surface area is 130 Å². The molecular formula is C16H22N2O4. The zero-order valence-corrected chi connectivity index (χ0v) is 13.0. The van der Waals surface area contributed by atoms with Gasteiger partial charge in [0.1, 0.15) is 18.9 Å². The van der Waals surface area contributed by atoms with Gasteiger partial charge in [-0.05, 0) is 32.1 Å². The second-order valence-corrected chi connectivity index (χ2v) is 5.78. The Morgan fingerprint density at radius 1 is 1.27 bits per heavy atom. The summed E-state index contributed by atoms with van der Waals surface area (Å²) in [4.78, 5) is 27.0. The van der Waals surface area contributed by atoms with Gasteiger partial charge in [-0.25, -0.2) is 0 Å². The van der Waals surface area contributed by atoms with Crippen molar-refractivity contribution in [2.45, 2.75) is 6.42 Å². The van der Waals surface area contributed by atoms with Crippen molar-refractivity contribution in [1.29, 1.82) is 0 Å². The number of para-hydroxylation sites is 1. The number of carbonyl (C=O) groups excluding carboxylic acids is 1.